The third-order valence-corrected chi connectivity index (χ3v) is 6.04. The van der Waals surface area contributed by atoms with Gasteiger partial charge in [0.25, 0.3) is 5.91 Å². The second-order valence-corrected chi connectivity index (χ2v) is 8.33. The lowest BCUT2D eigenvalue weighted by Gasteiger charge is -2.22. The van der Waals surface area contributed by atoms with Crippen molar-refractivity contribution in [3.8, 4) is 0 Å². The first-order chi connectivity index (χ1) is 17.9. The van der Waals surface area contributed by atoms with Gasteiger partial charge in [-0.05, 0) is 54.6 Å². The van der Waals surface area contributed by atoms with E-state index in [1.54, 1.807) is 29.2 Å². The number of anilines is 2. The summed E-state index contributed by atoms with van der Waals surface area (Å²) in [5.74, 6) is 0.216. The lowest BCUT2D eigenvalue weighted by molar-refractivity contribution is -0.140. The summed E-state index contributed by atoms with van der Waals surface area (Å²) in [6.45, 7) is 0.645. The van der Waals surface area contributed by atoms with Crippen LogP contribution in [0.3, 0.4) is 0 Å². The average molecular weight is 501 g/mol. The minimum Gasteiger partial charge on any atom is -0.469 e. The molecule has 0 aliphatic carbocycles. The molecule has 4 aromatic rings. The SMILES string of the molecule is COC(=O)CCN(C(=O)c1ccc2c(c1)nc(CNc1ccc(/C(N)=N/O)cc1)n2C)c1ccccc1. The molecular formula is C27H28N6O4. The summed E-state index contributed by atoms with van der Waals surface area (Å²) in [5, 5.41) is 15.1. The molecule has 0 saturated heterocycles. The molecule has 190 valence electrons. The quantitative estimate of drug-likeness (QED) is 0.105. The number of aryl methyl sites for hydroxylation is 1. The average Bonchev–Trinajstić information content (AvgIpc) is 3.26. The Hall–Kier alpha value is -4.86. The van der Waals surface area contributed by atoms with Crippen molar-refractivity contribution in [2.45, 2.75) is 13.0 Å². The summed E-state index contributed by atoms with van der Waals surface area (Å²) < 4.78 is 6.72. The number of carbonyl (C=O) groups excluding carboxylic acids is 2. The normalized spacial score (nSPS) is 11.4. The van der Waals surface area contributed by atoms with Crippen LogP contribution in [0.2, 0.25) is 0 Å². The van der Waals surface area contributed by atoms with Crippen molar-refractivity contribution in [1.29, 1.82) is 0 Å². The van der Waals surface area contributed by atoms with Crippen molar-refractivity contribution < 1.29 is 19.5 Å². The second kappa shape index (κ2) is 11.3. The highest BCUT2D eigenvalue weighted by molar-refractivity contribution is 6.07. The summed E-state index contributed by atoms with van der Waals surface area (Å²) in [6, 6.07) is 21.8. The van der Waals surface area contributed by atoms with E-state index >= 15 is 0 Å². The maximum absolute atomic E-state index is 13.5. The van der Waals surface area contributed by atoms with Crippen LogP contribution in [0.1, 0.15) is 28.2 Å². The summed E-state index contributed by atoms with van der Waals surface area (Å²) in [6.07, 6.45) is 0.0825. The number of nitrogens with zero attached hydrogens (tertiary/aromatic N) is 4. The molecule has 0 bridgehead atoms. The zero-order valence-corrected chi connectivity index (χ0v) is 20.6. The molecule has 0 spiro atoms. The van der Waals surface area contributed by atoms with Crippen molar-refractivity contribution in [2.75, 3.05) is 23.9 Å². The molecule has 37 heavy (non-hydrogen) atoms. The molecule has 0 radical (unpaired) electrons. The molecule has 1 amide bonds. The van der Waals surface area contributed by atoms with Crippen molar-refractivity contribution in [3.63, 3.8) is 0 Å². The minimum absolute atomic E-state index is 0.0448. The molecule has 1 heterocycles. The number of amides is 1. The monoisotopic (exact) mass is 500 g/mol. The molecule has 1 aromatic heterocycles. The van der Waals surface area contributed by atoms with Gasteiger partial charge in [-0.2, -0.15) is 0 Å². The minimum atomic E-state index is -0.384. The summed E-state index contributed by atoms with van der Waals surface area (Å²) in [7, 11) is 3.25. The summed E-state index contributed by atoms with van der Waals surface area (Å²) in [5.41, 5.74) is 9.81. The van der Waals surface area contributed by atoms with Gasteiger partial charge in [0, 0.05) is 36.1 Å². The Bertz CT molecular complexity index is 1430. The number of ether oxygens (including phenoxy) is 1. The highest BCUT2D eigenvalue weighted by atomic mass is 16.5. The number of rotatable bonds is 9. The topological polar surface area (TPSA) is 135 Å². The first-order valence-electron chi connectivity index (χ1n) is 11.6. The zero-order valence-electron chi connectivity index (χ0n) is 20.6. The number of hydrogen-bond acceptors (Lipinski definition) is 7. The van der Waals surface area contributed by atoms with Gasteiger partial charge in [0.1, 0.15) is 5.82 Å². The highest BCUT2D eigenvalue weighted by Gasteiger charge is 2.20. The number of hydrogen-bond donors (Lipinski definition) is 3. The van der Waals surface area contributed by atoms with Gasteiger partial charge in [-0.1, -0.05) is 23.4 Å². The number of amidine groups is 1. The Morgan fingerprint density at radius 3 is 2.46 bits per heavy atom. The fraction of sp³-hybridized carbons (Fsp3) is 0.185. The fourth-order valence-corrected chi connectivity index (χ4v) is 3.96. The largest absolute Gasteiger partial charge is 0.469 e. The van der Waals surface area contributed by atoms with E-state index in [2.05, 4.69) is 10.5 Å². The van der Waals surface area contributed by atoms with Crippen molar-refractivity contribution in [3.05, 3.63) is 89.7 Å². The maximum atomic E-state index is 13.5. The number of methoxy groups -OCH3 is 1. The maximum Gasteiger partial charge on any atom is 0.307 e. The third-order valence-electron chi connectivity index (χ3n) is 6.04. The molecule has 4 N–H and O–H groups in total. The summed E-state index contributed by atoms with van der Waals surface area (Å²) >= 11 is 0. The fourth-order valence-electron chi connectivity index (χ4n) is 3.96. The summed E-state index contributed by atoms with van der Waals surface area (Å²) in [4.78, 5) is 31.5. The van der Waals surface area contributed by atoms with Gasteiger partial charge in [-0.3, -0.25) is 9.59 Å². The van der Waals surface area contributed by atoms with Gasteiger partial charge in [-0.15, -0.1) is 0 Å². The molecule has 10 heteroatoms. The first kappa shape index (κ1) is 25.2. The van der Waals surface area contributed by atoms with Gasteiger partial charge >= 0.3 is 5.97 Å². The van der Waals surface area contributed by atoms with E-state index in [0.717, 1.165) is 17.0 Å². The zero-order chi connectivity index (χ0) is 26.4. The van der Waals surface area contributed by atoms with Gasteiger partial charge in [0.15, 0.2) is 5.84 Å². The number of fused-ring (bicyclic) bond motifs is 1. The van der Waals surface area contributed by atoms with Gasteiger partial charge < -0.3 is 30.5 Å². The third kappa shape index (κ3) is 5.69. The van der Waals surface area contributed by atoms with Gasteiger partial charge in [0.2, 0.25) is 0 Å². The lowest BCUT2D eigenvalue weighted by atomic mass is 10.1. The lowest BCUT2D eigenvalue weighted by Crippen LogP contribution is -2.33. The molecule has 10 nitrogen and oxygen atoms in total. The van der Waals surface area contributed by atoms with Crippen LogP contribution in [0.4, 0.5) is 11.4 Å². The van der Waals surface area contributed by atoms with Crippen LogP contribution in [-0.4, -0.2) is 46.1 Å². The van der Waals surface area contributed by atoms with E-state index in [4.69, 9.17) is 20.7 Å². The van der Waals surface area contributed by atoms with Crippen LogP contribution >= 0.6 is 0 Å². The molecule has 0 saturated carbocycles. The predicted octanol–water partition coefficient (Wildman–Crippen LogP) is 3.49. The molecule has 0 fully saturated rings. The van der Waals surface area contributed by atoms with E-state index in [9.17, 15) is 9.59 Å². The number of benzene rings is 3. The Labute approximate surface area is 214 Å². The molecule has 3 aromatic carbocycles. The smallest absolute Gasteiger partial charge is 0.307 e. The second-order valence-electron chi connectivity index (χ2n) is 8.33. The number of oxime groups is 1. The Morgan fingerprint density at radius 2 is 1.78 bits per heavy atom. The van der Waals surface area contributed by atoms with E-state index in [1.807, 2.05) is 60.1 Å². The predicted molar refractivity (Wildman–Crippen MR) is 142 cm³/mol. The molecule has 0 aliphatic heterocycles. The Morgan fingerprint density at radius 1 is 1.08 bits per heavy atom. The van der Waals surface area contributed by atoms with E-state index < -0.39 is 0 Å². The van der Waals surface area contributed by atoms with Crippen molar-refractivity contribution >= 4 is 40.1 Å². The molecule has 0 unspecified atom stereocenters. The number of para-hydroxylation sites is 1. The van der Waals surface area contributed by atoms with Crippen LogP contribution in [0.5, 0.6) is 0 Å². The van der Waals surface area contributed by atoms with Crippen molar-refractivity contribution in [1.82, 2.24) is 9.55 Å². The van der Waals surface area contributed by atoms with E-state index in [0.29, 0.717) is 28.9 Å². The molecule has 0 atom stereocenters. The Balaban J connectivity index is 1.54. The van der Waals surface area contributed by atoms with Crippen LogP contribution < -0.4 is 16.0 Å². The standard InChI is InChI=1S/C27H28N6O4/c1-32-23-13-10-19(27(35)33(15-14-25(34)37-2)21-6-4-3-5-7-21)16-22(23)30-24(32)17-29-20-11-8-18(9-12-20)26(28)31-36/h3-13,16,29,36H,14-15,17H2,1-2H3,(H2,28,31). The molecule has 0 aliphatic rings. The number of aromatic nitrogens is 2. The van der Waals surface area contributed by atoms with E-state index in [1.165, 1.54) is 7.11 Å². The van der Waals surface area contributed by atoms with Crippen LogP contribution in [0.25, 0.3) is 11.0 Å². The van der Waals surface area contributed by atoms with Crippen LogP contribution in [0.15, 0.2) is 78.0 Å². The van der Waals surface area contributed by atoms with Crippen molar-refractivity contribution in [2.24, 2.45) is 17.9 Å². The number of carbonyl (C=O) groups is 2. The van der Waals surface area contributed by atoms with Gasteiger partial charge in [-0.25, -0.2) is 4.98 Å². The van der Waals surface area contributed by atoms with Crippen LogP contribution in [0, 0.1) is 0 Å². The molecule has 4 rings (SSSR count). The molecular weight excluding hydrogens is 472 g/mol. The van der Waals surface area contributed by atoms with Gasteiger partial charge in [0.05, 0.1) is 31.1 Å². The number of nitrogens with one attached hydrogen (secondary N) is 1. The van der Waals surface area contributed by atoms with Crippen LogP contribution in [-0.2, 0) is 23.1 Å². The van der Waals surface area contributed by atoms with E-state index in [-0.39, 0.29) is 30.7 Å². The number of nitrogens with two attached hydrogens (primary N) is 1. The first-order valence-corrected chi connectivity index (χ1v) is 11.6. The number of imidazole rings is 1. The highest BCUT2D eigenvalue weighted by Crippen LogP contribution is 2.22. The number of esters is 1. The Kier molecular flexibility index (Phi) is 7.68.